The maximum Gasteiger partial charge on any atom is 1.00 e. The molecule has 0 aromatic heterocycles. The zero-order valence-electron chi connectivity index (χ0n) is 51.2. The van der Waals surface area contributed by atoms with Crippen LogP contribution < -0.4 is 1360 Å². The van der Waals surface area contributed by atoms with Crippen LogP contribution in [0.25, 0.3) is 0 Å². The average Bonchev–Trinajstić information content (AvgIpc) is 1.92. The maximum absolute atomic E-state index is 8.46. The third kappa shape index (κ3) is 490. The predicted octanol–water partition coefficient (Wildman–Crippen LogP) is -137. The van der Waals surface area contributed by atoms with Crippen LogP contribution in [0.15, 0.2) is 0 Å². The molecule has 0 atom stereocenters. The van der Waals surface area contributed by atoms with Gasteiger partial charge in [0, 0.05) is 0 Å². The molecule has 0 bridgehead atoms. The second-order valence-corrected chi connectivity index (χ2v) is 0.980. The van der Waals surface area contributed by atoms with Gasteiger partial charge in [0.05, 0.1) is 0 Å². The van der Waals surface area contributed by atoms with Crippen molar-refractivity contribution in [3.63, 3.8) is 0 Å². The Hall–Kier alpha value is 46.2. The van der Waals surface area contributed by atoms with Crippen molar-refractivity contribution < 1.29 is 1400 Å². The van der Waals surface area contributed by atoms with Crippen LogP contribution in [0.3, 0.4) is 0 Å². The van der Waals surface area contributed by atoms with Crippen LogP contribution in [0, 0.1) is 0 Å². The van der Waals surface area contributed by atoms with Gasteiger partial charge in [0.25, 0.3) is 0 Å². The van der Waals surface area contributed by atoms with E-state index in [1.807, 2.05) is 0 Å². The van der Waals surface area contributed by atoms with E-state index in [0.29, 0.717) is 0 Å². The molecule has 0 fully saturated rings. The first-order valence-electron chi connectivity index (χ1n) is 1.53. The molecular weight excluding hydrogens is 1310 g/mol. The van der Waals surface area contributed by atoms with Gasteiger partial charge in [-0.1, -0.05) is 0 Å². The van der Waals surface area contributed by atoms with Crippen LogP contribution in [-0.4, -0.2) is 19.6 Å². The Bertz CT molecular complexity index is 108. The molecule has 0 rings (SSSR count). The topological polar surface area (TPSA) is 149 Å². The Labute approximate surface area is 1380 Å². The van der Waals surface area contributed by atoms with Crippen molar-refractivity contribution in [2.45, 2.75) is 0 Å². The quantitative estimate of drug-likeness (QED) is 0.138. The van der Waals surface area contributed by atoms with Crippen LogP contribution in [0.5, 0.6) is 0 Å². The second-order valence-electron chi connectivity index (χ2n) is 0.327. The monoisotopic (exact) mass is 1310 g/mol. The van der Waals surface area contributed by atoms with Crippen molar-refractivity contribution in [2.75, 3.05) is 0 Å². The molecule has 0 unspecified atom stereocenters. The molecule has 0 amide bonds. The van der Waals surface area contributed by atoms with Gasteiger partial charge in [-0.3, -0.25) is 0 Å². The first-order chi connectivity index (χ1) is 5.66. The summed E-state index contributed by atoms with van der Waals surface area (Å²) in [5.74, 6) is 0. The minimum Gasteiger partial charge on any atom is -0.310 e. The van der Waals surface area contributed by atoms with E-state index >= 15 is 0 Å². The predicted molar refractivity (Wildman–Crippen MR) is 39.3 cm³/mol. The minimum atomic E-state index is -0.833. The summed E-state index contributed by atoms with van der Waals surface area (Å²) < 4.78 is 33.8. The maximum atomic E-state index is 8.46. The smallest absolute Gasteiger partial charge is 0.310 e. The molecule has 0 heterocycles. The Morgan fingerprint density at radius 1 is 0.121 bits per heavy atom. The Kier molecular flexibility index (Phi) is 2780. The fourth-order valence-electron chi connectivity index (χ4n) is 0. The SMILES string of the molecule is O=PO.O=PO.O=PO.O=PO.[Na+].[Na+].[Na+].[Na+].[Na+].[Na+].[Na+].[Na+].[Na+].[Na+].[Na+].[Na+].[Na+].[Na+].[Na+].[Na+].[Na+].[Na+].[Na+].[Na+].[Na+].[Na+].[Na+].[Na+].[Na+].[Na+].[Na+].[Na+].[Na+].[Na+].[Na+].[Na+].[Na+].[Na+].[Na+].[Na+].[Na+].[Na+].[Na+].[Na+].[Na+].[Na+].[Na+].[Na+].[Na+].[Na+]. The summed E-state index contributed by atoms with van der Waals surface area (Å²) in [5, 5.41) is 0. The molecule has 0 aliphatic heterocycles. The molecule has 0 radical (unpaired) electrons. The fraction of sp³-hybridized carbons (Fsp3) is 0. The zero-order chi connectivity index (χ0) is 10.8. The van der Waals surface area contributed by atoms with Crippen LogP contribution >= 0.6 is 34.7 Å². The Morgan fingerprint density at radius 3 is 0.121 bits per heavy atom. The first kappa shape index (κ1) is 378. The molecule has 0 aliphatic carbocycles. The molecule has 8 nitrogen and oxygen atoms in total. The summed E-state index contributed by atoms with van der Waals surface area (Å²) in [6, 6.07) is 0. The largest absolute Gasteiger partial charge is 1.00 e. The van der Waals surface area contributed by atoms with E-state index in [4.69, 9.17) is 37.8 Å². The average molecular weight is 1310 g/mol. The first-order valence-corrected chi connectivity index (χ1v) is 4.59. The summed E-state index contributed by atoms with van der Waals surface area (Å²) in [6.45, 7) is 0. The van der Waals surface area contributed by atoms with Crippen LogP contribution in [0.2, 0.25) is 0 Å². The van der Waals surface area contributed by atoms with Crippen molar-refractivity contribution in [1.82, 2.24) is 0 Å². The molecule has 0 aromatic carbocycles. The van der Waals surface area contributed by atoms with Gasteiger partial charge >= 0.3 is 1390 Å². The number of hydrogen-bond donors (Lipinski definition) is 4. The molecule has 4 N–H and O–H groups in total. The standard InChI is InChI=1S/46Na.4HO2P/c;;;;;;;;;;;;;;;;;;;;;;;;;;;;;;;;;;;;;;;;;;;;;;4*1-3-2/h;;;;;;;;;;;;;;;;;;;;;;;;;;;;;;;;;;;;;;;;;;;;;;4*(H,1,2)/q46*+1;;;;. The van der Waals surface area contributed by atoms with E-state index in [1.165, 1.54) is 0 Å². The van der Waals surface area contributed by atoms with Crippen molar-refractivity contribution in [3.8, 4) is 0 Å². The van der Waals surface area contributed by atoms with Gasteiger partial charge in [-0.2, -0.15) is 0 Å². The molecule has 0 saturated heterocycles. The van der Waals surface area contributed by atoms with E-state index in [9.17, 15) is 0 Å². The molecule has 58 heavy (non-hydrogen) atoms. The van der Waals surface area contributed by atoms with Crippen molar-refractivity contribution in [3.05, 3.63) is 0 Å². The van der Waals surface area contributed by atoms with Gasteiger partial charge in [0.2, 0.25) is 0 Å². The van der Waals surface area contributed by atoms with Gasteiger partial charge in [-0.15, -0.1) is 0 Å². The van der Waals surface area contributed by atoms with E-state index < -0.39 is 34.7 Å². The molecule has 72 valence electrons. The van der Waals surface area contributed by atoms with E-state index in [1.54, 1.807) is 0 Å². The summed E-state index contributed by atoms with van der Waals surface area (Å²) in [7, 11) is -3.33. The van der Waals surface area contributed by atoms with E-state index in [0.717, 1.165) is 0 Å². The van der Waals surface area contributed by atoms with Crippen LogP contribution in [0.1, 0.15) is 0 Å². The van der Waals surface area contributed by atoms with E-state index in [2.05, 4.69) is 0 Å². The van der Waals surface area contributed by atoms with Gasteiger partial charge in [-0.05, 0) is 0 Å². The van der Waals surface area contributed by atoms with Gasteiger partial charge in [0.1, 0.15) is 0 Å². The summed E-state index contributed by atoms with van der Waals surface area (Å²) in [4.78, 5) is 27.9. The molecular formula is H4Na46O8P4+46. The molecule has 0 aromatic rings. The van der Waals surface area contributed by atoms with Gasteiger partial charge < -0.3 is 19.6 Å². The minimum absolute atomic E-state index is 0. The zero-order valence-corrected chi connectivity index (χ0v) is 147. The van der Waals surface area contributed by atoms with Crippen molar-refractivity contribution in [2.24, 2.45) is 0 Å². The summed E-state index contributed by atoms with van der Waals surface area (Å²) in [5.41, 5.74) is 0. The Balaban J connectivity index is -0.000000000242. The van der Waals surface area contributed by atoms with Gasteiger partial charge in [0.15, 0.2) is 0 Å². The van der Waals surface area contributed by atoms with Crippen molar-refractivity contribution >= 4 is 34.7 Å². The van der Waals surface area contributed by atoms with Crippen LogP contribution in [0.4, 0.5) is 0 Å². The van der Waals surface area contributed by atoms with Crippen molar-refractivity contribution in [1.29, 1.82) is 0 Å². The number of rotatable bonds is 0. The normalized spacial score (nSPS) is 1.45. The summed E-state index contributed by atoms with van der Waals surface area (Å²) >= 11 is 0. The number of hydrogen-bond acceptors (Lipinski definition) is 4. The third-order valence-electron chi connectivity index (χ3n) is 0. The fourth-order valence-corrected chi connectivity index (χ4v) is 0. The molecule has 58 heteroatoms. The molecule has 0 spiro atoms. The third-order valence-corrected chi connectivity index (χ3v) is 0. The van der Waals surface area contributed by atoms with Crippen LogP contribution in [-0.2, 0) is 18.3 Å². The molecule has 0 saturated carbocycles. The second kappa shape index (κ2) is 428. The Morgan fingerprint density at radius 2 is 0.121 bits per heavy atom. The molecule has 0 aliphatic rings. The van der Waals surface area contributed by atoms with Gasteiger partial charge in [-0.25, -0.2) is 18.3 Å². The van der Waals surface area contributed by atoms with E-state index in [-0.39, 0.29) is 1360 Å². The summed E-state index contributed by atoms with van der Waals surface area (Å²) in [6.07, 6.45) is 0.